The number of hydrogen-bond donors (Lipinski definition) is 3. The molecule has 0 amide bonds. The zero-order valence-electron chi connectivity index (χ0n) is 9.55. The van der Waals surface area contributed by atoms with E-state index >= 15 is 0 Å². The van der Waals surface area contributed by atoms with E-state index in [0.717, 1.165) is 10.0 Å². The van der Waals surface area contributed by atoms with Crippen LogP contribution >= 0.6 is 15.9 Å². The summed E-state index contributed by atoms with van der Waals surface area (Å²) < 4.78 is 0.880. The third-order valence-electron chi connectivity index (χ3n) is 3.04. The van der Waals surface area contributed by atoms with Crippen molar-refractivity contribution in [2.45, 2.75) is 25.4 Å². The summed E-state index contributed by atoms with van der Waals surface area (Å²) in [5.74, 6) is 0. The summed E-state index contributed by atoms with van der Waals surface area (Å²) in [5, 5.41) is 3.39. The van der Waals surface area contributed by atoms with Gasteiger partial charge in [-0.15, -0.1) is 0 Å². The minimum absolute atomic E-state index is 0.591. The van der Waals surface area contributed by atoms with Gasteiger partial charge in [0.15, 0.2) is 0 Å². The van der Waals surface area contributed by atoms with Gasteiger partial charge in [0, 0.05) is 17.1 Å². The monoisotopic (exact) mass is 309 g/mol. The molecule has 2 aromatic rings. The molecule has 0 atom stereocenters. The lowest BCUT2D eigenvalue weighted by atomic mass is 10.1. The van der Waals surface area contributed by atoms with E-state index in [0.29, 0.717) is 23.6 Å². The normalized spacial score (nSPS) is 15.2. The van der Waals surface area contributed by atoms with Crippen LogP contribution < -0.4 is 16.4 Å². The van der Waals surface area contributed by atoms with Crippen LogP contribution in [0.1, 0.15) is 18.4 Å². The number of fused-ring (bicyclic) bond motifs is 1. The van der Waals surface area contributed by atoms with E-state index in [-0.39, 0.29) is 0 Å². The molecule has 1 heterocycles. The Hall–Kier alpha value is -1.40. The molecule has 1 aromatic carbocycles. The highest BCUT2D eigenvalue weighted by Crippen LogP contribution is 2.23. The average molecular weight is 310 g/mol. The summed E-state index contributed by atoms with van der Waals surface area (Å²) in [6, 6.07) is 4.33. The predicted octanol–water partition coefficient (Wildman–Crippen LogP) is 1.23. The summed E-state index contributed by atoms with van der Waals surface area (Å²) >= 11 is 3.41. The van der Waals surface area contributed by atoms with Crippen molar-refractivity contribution in [2.24, 2.45) is 0 Å². The van der Waals surface area contributed by atoms with Gasteiger partial charge in [-0.2, -0.15) is 0 Å². The summed E-state index contributed by atoms with van der Waals surface area (Å²) in [6.07, 6.45) is 2.42. The van der Waals surface area contributed by atoms with Gasteiger partial charge in [-0.25, -0.2) is 0 Å². The Morgan fingerprint density at radius 2 is 1.94 bits per heavy atom. The highest BCUT2D eigenvalue weighted by Gasteiger charge is 2.20. The van der Waals surface area contributed by atoms with E-state index in [1.807, 2.05) is 6.07 Å². The first-order chi connectivity index (χ1) is 8.63. The number of H-pyrrole nitrogens is 2. The fourth-order valence-corrected chi connectivity index (χ4v) is 2.45. The molecule has 6 heteroatoms. The number of nitrogens with one attached hydrogen (secondary N) is 3. The fraction of sp³-hybridized carbons (Fsp3) is 0.333. The van der Waals surface area contributed by atoms with Crippen LogP contribution in [0, 0.1) is 0 Å². The molecule has 0 unspecified atom stereocenters. The summed E-state index contributed by atoms with van der Waals surface area (Å²) in [7, 11) is 0. The van der Waals surface area contributed by atoms with Crippen molar-refractivity contribution in [3.05, 3.63) is 42.9 Å². The quantitative estimate of drug-likeness (QED) is 0.746. The third-order valence-corrected chi connectivity index (χ3v) is 3.49. The van der Waals surface area contributed by atoms with Crippen LogP contribution in [0.4, 0.5) is 0 Å². The lowest BCUT2D eigenvalue weighted by Crippen LogP contribution is -2.29. The van der Waals surface area contributed by atoms with E-state index in [9.17, 15) is 9.59 Å². The van der Waals surface area contributed by atoms with Crippen molar-refractivity contribution < 1.29 is 0 Å². The summed E-state index contributed by atoms with van der Waals surface area (Å²) in [5.41, 5.74) is 1.07. The van der Waals surface area contributed by atoms with Crippen LogP contribution in [-0.4, -0.2) is 16.0 Å². The van der Waals surface area contributed by atoms with Gasteiger partial charge in [-0.1, -0.05) is 15.9 Å². The number of halogens is 1. The third kappa shape index (κ3) is 2.26. The van der Waals surface area contributed by atoms with Crippen molar-refractivity contribution in [1.82, 2.24) is 15.3 Å². The molecule has 1 saturated carbocycles. The molecule has 0 spiro atoms. The number of rotatable bonds is 3. The molecule has 3 N–H and O–H groups in total. The Morgan fingerprint density at radius 3 is 2.67 bits per heavy atom. The molecule has 3 rings (SSSR count). The highest BCUT2D eigenvalue weighted by molar-refractivity contribution is 9.10. The number of benzene rings is 1. The van der Waals surface area contributed by atoms with Gasteiger partial charge in [-0.3, -0.25) is 9.59 Å². The Labute approximate surface area is 111 Å². The minimum atomic E-state index is -0.623. The zero-order valence-corrected chi connectivity index (χ0v) is 11.1. The molecule has 0 radical (unpaired) electrons. The van der Waals surface area contributed by atoms with Crippen LogP contribution in [0.3, 0.4) is 0 Å². The SMILES string of the molecule is O=c1[nH]c2cc(Br)cc(CNC3CC3)c2[nH]c1=O. The molecule has 5 nitrogen and oxygen atoms in total. The second-order valence-corrected chi connectivity index (χ2v) is 5.47. The molecule has 0 aliphatic heterocycles. The smallest absolute Gasteiger partial charge is 0.314 e. The van der Waals surface area contributed by atoms with Gasteiger partial charge in [-0.05, 0) is 30.5 Å². The number of aromatic nitrogens is 2. The molecular weight excluding hydrogens is 298 g/mol. The average Bonchev–Trinajstić information content (AvgIpc) is 3.12. The van der Waals surface area contributed by atoms with Crippen molar-refractivity contribution in [3.63, 3.8) is 0 Å². The van der Waals surface area contributed by atoms with E-state index in [1.165, 1.54) is 12.8 Å². The number of hydrogen-bond acceptors (Lipinski definition) is 3. The first-order valence-electron chi connectivity index (χ1n) is 5.81. The topological polar surface area (TPSA) is 77.8 Å². The summed E-state index contributed by atoms with van der Waals surface area (Å²) in [6.45, 7) is 0.683. The van der Waals surface area contributed by atoms with Crippen LogP contribution in [-0.2, 0) is 6.54 Å². The first-order valence-corrected chi connectivity index (χ1v) is 6.61. The largest absolute Gasteiger partial charge is 0.316 e. The maximum Gasteiger partial charge on any atom is 0.314 e. The van der Waals surface area contributed by atoms with Crippen LogP contribution in [0.15, 0.2) is 26.2 Å². The van der Waals surface area contributed by atoms with Gasteiger partial charge in [0.1, 0.15) is 0 Å². The van der Waals surface area contributed by atoms with E-state index in [2.05, 4.69) is 31.2 Å². The van der Waals surface area contributed by atoms with E-state index in [4.69, 9.17) is 0 Å². The standard InChI is InChI=1S/C12H12BrN3O2/c13-7-3-6(5-14-8-1-2-8)10-9(4-7)15-11(17)12(18)16-10/h3-4,8,14H,1-2,5H2,(H,15,17)(H,16,18). The minimum Gasteiger partial charge on any atom is -0.316 e. The van der Waals surface area contributed by atoms with Crippen LogP contribution in [0.25, 0.3) is 11.0 Å². The highest BCUT2D eigenvalue weighted by atomic mass is 79.9. The van der Waals surface area contributed by atoms with E-state index in [1.54, 1.807) is 6.07 Å². The fourth-order valence-electron chi connectivity index (χ4n) is 1.94. The van der Waals surface area contributed by atoms with Crippen LogP contribution in [0.5, 0.6) is 0 Å². The number of aromatic amines is 2. The Morgan fingerprint density at radius 1 is 1.22 bits per heavy atom. The molecule has 94 valence electrons. The maximum absolute atomic E-state index is 11.4. The second-order valence-electron chi connectivity index (χ2n) is 4.55. The zero-order chi connectivity index (χ0) is 12.7. The Kier molecular flexibility index (Phi) is 2.83. The Bertz CT molecular complexity index is 715. The van der Waals surface area contributed by atoms with Crippen molar-refractivity contribution in [1.29, 1.82) is 0 Å². The predicted molar refractivity (Wildman–Crippen MR) is 72.8 cm³/mol. The molecular formula is C12H12BrN3O2. The van der Waals surface area contributed by atoms with Crippen molar-refractivity contribution >= 4 is 27.0 Å². The van der Waals surface area contributed by atoms with Gasteiger partial charge in [0.25, 0.3) is 0 Å². The molecule has 0 bridgehead atoms. The lowest BCUT2D eigenvalue weighted by Gasteiger charge is -2.08. The molecule has 0 saturated heterocycles. The van der Waals surface area contributed by atoms with Gasteiger partial charge < -0.3 is 15.3 Å². The molecule has 1 aliphatic rings. The maximum atomic E-state index is 11.4. The Balaban J connectivity index is 2.12. The van der Waals surface area contributed by atoms with Crippen molar-refractivity contribution in [3.8, 4) is 0 Å². The van der Waals surface area contributed by atoms with E-state index < -0.39 is 11.1 Å². The van der Waals surface area contributed by atoms with Gasteiger partial charge >= 0.3 is 11.1 Å². The molecule has 1 fully saturated rings. The molecule has 18 heavy (non-hydrogen) atoms. The van der Waals surface area contributed by atoms with Crippen molar-refractivity contribution in [2.75, 3.05) is 0 Å². The second kappa shape index (κ2) is 4.37. The summed E-state index contributed by atoms with van der Waals surface area (Å²) in [4.78, 5) is 27.9. The molecule has 1 aliphatic carbocycles. The molecule has 1 aromatic heterocycles. The lowest BCUT2D eigenvalue weighted by molar-refractivity contribution is 0.689. The van der Waals surface area contributed by atoms with Gasteiger partial charge in [0.2, 0.25) is 0 Å². The first kappa shape index (κ1) is 11.7. The van der Waals surface area contributed by atoms with Gasteiger partial charge in [0.05, 0.1) is 11.0 Å². The van der Waals surface area contributed by atoms with Crippen LogP contribution in [0.2, 0.25) is 0 Å².